The number of likely N-dealkylation sites (N-methyl/N-ethyl adjacent to an activating group) is 1. The first kappa shape index (κ1) is 21.4. The van der Waals surface area contributed by atoms with Crippen LogP contribution in [-0.4, -0.2) is 47.0 Å². The van der Waals surface area contributed by atoms with E-state index in [0.717, 1.165) is 30.9 Å². The summed E-state index contributed by atoms with van der Waals surface area (Å²) in [6.45, 7) is 7.61. The number of rotatable bonds is 9. The number of nitrogens with one attached hydrogen (secondary N) is 2. The molecule has 0 spiro atoms. The van der Waals surface area contributed by atoms with E-state index in [2.05, 4.69) is 39.3 Å². The molecule has 1 amide bonds. The number of benzene rings is 2. The third-order valence-electron chi connectivity index (χ3n) is 4.83. The van der Waals surface area contributed by atoms with Gasteiger partial charge in [0, 0.05) is 36.0 Å². The van der Waals surface area contributed by atoms with Gasteiger partial charge in [-0.15, -0.1) is 0 Å². The summed E-state index contributed by atoms with van der Waals surface area (Å²) in [6, 6.07) is 15.2. The van der Waals surface area contributed by atoms with Gasteiger partial charge in [-0.1, -0.05) is 13.8 Å². The molecule has 0 bridgehead atoms. The van der Waals surface area contributed by atoms with Crippen molar-refractivity contribution in [2.75, 3.05) is 31.5 Å². The molecule has 3 rings (SSSR count). The van der Waals surface area contributed by atoms with E-state index in [1.807, 2.05) is 12.1 Å². The van der Waals surface area contributed by atoms with Crippen LogP contribution >= 0.6 is 0 Å². The van der Waals surface area contributed by atoms with E-state index in [1.54, 1.807) is 30.3 Å². The minimum Gasteiger partial charge on any atom is -0.351 e. The lowest BCUT2D eigenvalue weighted by molar-refractivity contribution is 0.0949. The highest BCUT2D eigenvalue weighted by Gasteiger charge is 2.07. The van der Waals surface area contributed by atoms with Crippen LogP contribution in [0.5, 0.6) is 0 Å². The molecule has 0 aliphatic carbocycles. The summed E-state index contributed by atoms with van der Waals surface area (Å²) in [7, 11) is 0. The number of carbonyl (C=O) groups is 1. The maximum atomic E-state index is 13.1. The molecule has 0 unspecified atom stereocenters. The van der Waals surface area contributed by atoms with Crippen LogP contribution in [0.4, 0.5) is 15.9 Å². The van der Waals surface area contributed by atoms with Crippen LogP contribution < -0.4 is 10.6 Å². The van der Waals surface area contributed by atoms with E-state index in [1.165, 1.54) is 18.5 Å². The Bertz CT molecular complexity index is 956. The van der Waals surface area contributed by atoms with Crippen LogP contribution in [0.25, 0.3) is 11.3 Å². The van der Waals surface area contributed by atoms with Crippen molar-refractivity contribution in [2.24, 2.45) is 0 Å². The summed E-state index contributed by atoms with van der Waals surface area (Å²) in [5.41, 5.74) is 2.91. The number of amides is 1. The van der Waals surface area contributed by atoms with Crippen LogP contribution in [0.2, 0.25) is 0 Å². The molecule has 2 N–H and O–H groups in total. The lowest BCUT2D eigenvalue weighted by Gasteiger charge is -2.18. The second-order valence-corrected chi connectivity index (χ2v) is 6.78. The molecule has 30 heavy (non-hydrogen) atoms. The fraction of sp³-hybridized carbons (Fsp3) is 0.261. The minimum atomic E-state index is -0.289. The number of nitrogens with zero attached hydrogens (tertiary/aromatic N) is 3. The zero-order valence-corrected chi connectivity index (χ0v) is 17.2. The summed E-state index contributed by atoms with van der Waals surface area (Å²) in [5.74, 6) is 0.235. The predicted molar refractivity (Wildman–Crippen MR) is 117 cm³/mol. The van der Waals surface area contributed by atoms with Crippen molar-refractivity contribution in [1.29, 1.82) is 0 Å². The topological polar surface area (TPSA) is 70.2 Å². The Kier molecular flexibility index (Phi) is 7.45. The van der Waals surface area contributed by atoms with Gasteiger partial charge in [0.25, 0.3) is 5.91 Å². The lowest BCUT2D eigenvalue weighted by Crippen LogP contribution is -2.34. The summed E-state index contributed by atoms with van der Waals surface area (Å²) < 4.78 is 13.1. The number of hydrogen-bond acceptors (Lipinski definition) is 5. The van der Waals surface area contributed by atoms with Crippen molar-refractivity contribution in [2.45, 2.75) is 13.8 Å². The number of hydrogen-bond donors (Lipinski definition) is 2. The number of carbonyl (C=O) groups excluding carboxylic acids is 1. The SMILES string of the molecule is CCN(CC)CCNC(=O)c1ccc(Nc2cc(-c3ccc(F)cc3)ncn2)cc1. The molecular weight excluding hydrogens is 381 g/mol. The van der Waals surface area contributed by atoms with Gasteiger partial charge in [0.05, 0.1) is 5.69 Å². The molecule has 156 valence electrons. The molecule has 7 heteroatoms. The standard InChI is InChI=1S/C23H26FN5O/c1-3-29(4-2)14-13-25-23(30)18-7-11-20(12-8-18)28-22-15-21(26-16-27-22)17-5-9-19(24)10-6-17/h5-12,15-16H,3-4,13-14H2,1-2H3,(H,25,30)(H,26,27,28). The van der Waals surface area contributed by atoms with Gasteiger partial charge in [-0.3, -0.25) is 4.79 Å². The fourth-order valence-electron chi connectivity index (χ4n) is 3.03. The van der Waals surface area contributed by atoms with E-state index in [0.29, 0.717) is 23.6 Å². The largest absolute Gasteiger partial charge is 0.351 e. The highest BCUT2D eigenvalue weighted by atomic mass is 19.1. The van der Waals surface area contributed by atoms with Gasteiger partial charge < -0.3 is 15.5 Å². The Morgan fingerprint density at radius 3 is 2.37 bits per heavy atom. The molecule has 0 atom stereocenters. The van der Waals surface area contributed by atoms with E-state index < -0.39 is 0 Å². The number of anilines is 2. The second kappa shape index (κ2) is 10.5. The molecule has 0 radical (unpaired) electrons. The molecule has 0 saturated carbocycles. The first-order chi connectivity index (χ1) is 14.6. The summed E-state index contributed by atoms with van der Waals surface area (Å²) in [5, 5.41) is 6.15. The van der Waals surface area contributed by atoms with Crippen molar-refractivity contribution in [3.8, 4) is 11.3 Å². The van der Waals surface area contributed by atoms with Crippen molar-refractivity contribution >= 4 is 17.4 Å². The zero-order valence-electron chi connectivity index (χ0n) is 17.2. The van der Waals surface area contributed by atoms with Gasteiger partial charge in [-0.2, -0.15) is 0 Å². The van der Waals surface area contributed by atoms with Crippen LogP contribution in [0.3, 0.4) is 0 Å². The second-order valence-electron chi connectivity index (χ2n) is 6.78. The molecule has 0 fully saturated rings. The Balaban J connectivity index is 1.60. The van der Waals surface area contributed by atoms with Crippen LogP contribution in [0, 0.1) is 5.82 Å². The monoisotopic (exact) mass is 407 g/mol. The van der Waals surface area contributed by atoms with E-state index in [9.17, 15) is 9.18 Å². The zero-order chi connectivity index (χ0) is 21.3. The van der Waals surface area contributed by atoms with Crippen molar-refractivity contribution in [1.82, 2.24) is 20.2 Å². The minimum absolute atomic E-state index is 0.0886. The normalized spacial score (nSPS) is 10.8. The van der Waals surface area contributed by atoms with Gasteiger partial charge in [0.15, 0.2) is 0 Å². The Hall–Kier alpha value is -3.32. The summed E-state index contributed by atoms with van der Waals surface area (Å²) in [6.07, 6.45) is 1.46. The van der Waals surface area contributed by atoms with Gasteiger partial charge in [0.1, 0.15) is 18.0 Å². The first-order valence-corrected chi connectivity index (χ1v) is 10.0. The Morgan fingerprint density at radius 2 is 1.70 bits per heavy atom. The van der Waals surface area contributed by atoms with E-state index >= 15 is 0 Å². The highest BCUT2D eigenvalue weighted by molar-refractivity contribution is 5.94. The average molecular weight is 407 g/mol. The molecule has 0 aliphatic rings. The number of halogens is 1. The lowest BCUT2D eigenvalue weighted by atomic mass is 10.1. The third kappa shape index (κ3) is 5.84. The maximum absolute atomic E-state index is 13.1. The van der Waals surface area contributed by atoms with E-state index in [4.69, 9.17) is 0 Å². The summed E-state index contributed by atoms with van der Waals surface area (Å²) in [4.78, 5) is 23.0. The first-order valence-electron chi connectivity index (χ1n) is 10.0. The third-order valence-corrected chi connectivity index (χ3v) is 4.83. The van der Waals surface area contributed by atoms with Crippen molar-refractivity contribution < 1.29 is 9.18 Å². The number of aromatic nitrogens is 2. The van der Waals surface area contributed by atoms with Gasteiger partial charge >= 0.3 is 0 Å². The fourth-order valence-corrected chi connectivity index (χ4v) is 3.03. The molecule has 0 aliphatic heterocycles. The molecular formula is C23H26FN5O. The molecule has 0 saturated heterocycles. The molecule has 2 aromatic carbocycles. The smallest absolute Gasteiger partial charge is 0.251 e. The molecule has 6 nitrogen and oxygen atoms in total. The maximum Gasteiger partial charge on any atom is 0.251 e. The van der Waals surface area contributed by atoms with Crippen LogP contribution in [-0.2, 0) is 0 Å². The van der Waals surface area contributed by atoms with Crippen molar-refractivity contribution in [3.63, 3.8) is 0 Å². The highest BCUT2D eigenvalue weighted by Crippen LogP contribution is 2.21. The van der Waals surface area contributed by atoms with E-state index in [-0.39, 0.29) is 11.7 Å². The Labute approximate surface area is 176 Å². The predicted octanol–water partition coefficient (Wildman–Crippen LogP) is 4.10. The van der Waals surface area contributed by atoms with Gasteiger partial charge in [-0.05, 0) is 61.6 Å². The van der Waals surface area contributed by atoms with Gasteiger partial charge in [-0.25, -0.2) is 14.4 Å². The van der Waals surface area contributed by atoms with Crippen molar-refractivity contribution in [3.05, 3.63) is 72.3 Å². The van der Waals surface area contributed by atoms with Crippen LogP contribution in [0.15, 0.2) is 60.9 Å². The van der Waals surface area contributed by atoms with Gasteiger partial charge in [0.2, 0.25) is 0 Å². The average Bonchev–Trinajstić information content (AvgIpc) is 2.78. The molecule has 1 heterocycles. The molecule has 1 aromatic heterocycles. The molecule has 3 aromatic rings. The Morgan fingerprint density at radius 1 is 1.00 bits per heavy atom. The summed E-state index contributed by atoms with van der Waals surface area (Å²) >= 11 is 0. The quantitative estimate of drug-likeness (QED) is 0.559. The van der Waals surface area contributed by atoms with Crippen LogP contribution in [0.1, 0.15) is 24.2 Å².